The summed E-state index contributed by atoms with van der Waals surface area (Å²) in [5, 5.41) is 12.4. The number of aryl methyl sites for hydroxylation is 1. The van der Waals surface area contributed by atoms with Crippen LogP contribution in [-0.4, -0.2) is 39.0 Å². The Morgan fingerprint density at radius 3 is 2.46 bits per heavy atom. The van der Waals surface area contributed by atoms with Crippen LogP contribution in [0.2, 0.25) is 0 Å². The zero-order valence-electron chi connectivity index (χ0n) is 20.5. The summed E-state index contributed by atoms with van der Waals surface area (Å²) >= 11 is 0. The SMILES string of the molecule is COc1ccc(C(=NCCc2c[nH]c3ccccc23)c2c(O)n(-c3ccc(C)cc3)c(=O)[nH]c2=O)cc1. The van der Waals surface area contributed by atoms with Gasteiger partial charge >= 0.3 is 5.69 Å². The summed E-state index contributed by atoms with van der Waals surface area (Å²) in [6.45, 7) is 2.28. The van der Waals surface area contributed by atoms with Crippen molar-refractivity contribution < 1.29 is 9.84 Å². The number of aromatic nitrogens is 3. The Balaban J connectivity index is 1.62. The smallest absolute Gasteiger partial charge is 0.335 e. The van der Waals surface area contributed by atoms with E-state index in [2.05, 4.69) is 9.97 Å². The van der Waals surface area contributed by atoms with E-state index in [1.165, 1.54) is 0 Å². The molecular formula is C29H26N4O4. The fraction of sp³-hybridized carbons (Fsp3) is 0.138. The first-order valence-electron chi connectivity index (χ1n) is 11.9. The van der Waals surface area contributed by atoms with Crippen LogP contribution in [-0.2, 0) is 6.42 Å². The van der Waals surface area contributed by atoms with Gasteiger partial charge in [0.05, 0.1) is 18.5 Å². The Kier molecular flexibility index (Phi) is 6.47. The van der Waals surface area contributed by atoms with Crippen molar-refractivity contribution in [3.63, 3.8) is 0 Å². The molecule has 0 fully saturated rings. The lowest BCUT2D eigenvalue weighted by Crippen LogP contribution is -2.33. The minimum Gasteiger partial charge on any atom is -0.497 e. The molecule has 5 rings (SSSR count). The monoisotopic (exact) mass is 494 g/mol. The van der Waals surface area contributed by atoms with Crippen molar-refractivity contribution >= 4 is 16.6 Å². The number of hydrogen-bond acceptors (Lipinski definition) is 5. The minimum atomic E-state index is -0.733. The van der Waals surface area contributed by atoms with Gasteiger partial charge in [0.2, 0.25) is 5.88 Å². The van der Waals surface area contributed by atoms with Crippen molar-refractivity contribution in [2.24, 2.45) is 4.99 Å². The van der Waals surface area contributed by atoms with Gasteiger partial charge in [-0.25, -0.2) is 9.36 Å². The molecule has 37 heavy (non-hydrogen) atoms. The maximum absolute atomic E-state index is 13.1. The molecule has 3 N–H and O–H groups in total. The highest BCUT2D eigenvalue weighted by Gasteiger charge is 2.22. The molecule has 0 saturated heterocycles. The van der Waals surface area contributed by atoms with Crippen molar-refractivity contribution in [1.82, 2.24) is 14.5 Å². The van der Waals surface area contributed by atoms with Crippen LogP contribution in [0.3, 0.4) is 0 Å². The molecule has 0 aliphatic heterocycles. The van der Waals surface area contributed by atoms with Crippen molar-refractivity contribution in [2.75, 3.05) is 13.7 Å². The first-order chi connectivity index (χ1) is 18.0. The third kappa shape index (κ3) is 4.69. The lowest BCUT2D eigenvalue weighted by molar-refractivity contribution is 0.415. The van der Waals surface area contributed by atoms with Gasteiger partial charge in [0.1, 0.15) is 11.3 Å². The molecule has 0 amide bonds. The molecule has 0 spiro atoms. The molecule has 0 bridgehead atoms. The molecule has 2 aromatic heterocycles. The zero-order valence-corrected chi connectivity index (χ0v) is 20.5. The van der Waals surface area contributed by atoms with Gasteiger partial charge in [-0.1, -0.05) is 35.9 Å². The van der Waals surface area contributed by atoms with Crippen LogP contribution in [0.5, 0.6) is 11.6 Å². The maximum Gasteiger partial charge on any atom is 0.335 e. The van der Waals surface area contributed by atoms with E-state index in [-0.39, 0.29) is 11.3 Å². The summed E-state index contributed by atoms with van der Waals surface area (Å²) in [5.74, 6) is 0.170. The van der Waals surface area contributed by atoms with E-state index in [1.54, 1.807) is 43.5 Å². The Hall–Kier alpha value is -4.85. The first-order valence-corrected chi connectivity index (χ1v) is 11.9. The van der Waals surface area contributed by atoms with Crippen molar-refractivity contribution in [3.05, 3.63) is 122 Å². The Bertz CT molecular complexity index is 1710. The number of aromatic hydroxyl groups is 1. The largest absolute Gasteiger partial charge is 0.497 e. The molecule has 8 nitrogen and oxygen atoms in total. The number of hydrogen-bond donors (Lipinski definition) is 3. The quantitative estimate of drug-likeness (QED) is 0.296. The molecule has 0 aliphatic rings. The third-order valence-corrected chi connectivity index (χ3v) is 6.30. The van der Waals surface area contributed by atoms with Crippen LogP contribution in [0.4, 0.5) is 0 Å². The Morgan fingerprint density at radius 1 is 1.00 bits per heavy atom. The lowest BCUT2D eigenvalue weighted by atomic mass is 10.0. The molecule has 5 aromatic rings. The Labute approximate surface area is 212 Å². The molecule has 0 aliphatic carbocycles. The van der Waals surface area contributed by atoms with Crippen LogP contribution in [0.25, 0.3) is 16.6 Å². The molecule has 0 saturated carbocycles. The fourth-order valence-electron chi connectivity index (χ4n) is 4.36. The average Bonchev–Trinajstić information content (AvgIpc) is 3.32. The van der Waals surface area contributed by atoms with Crippen molar-refractivity contribution in [1.29, 1.82) is 0 Å². The Morgan fingerprint density at radius 2 is 1.73 bits per heavy atom. The van der Waals surface area contributed by atoms with Crippen LogP contribution < -0.4 is 16.0 Å². The van der Waals surface area contributed by atoms with E-state index in [0.717, 1.165) is 26.6 Å². The van der Waals surface area contributed by atoms with Gasteiger partial charge in [-0.15, -0.1) is 0 Å². The summed E-state index contributed by atoms with van der Waals surface area (Å²) in [4.78, 5) is 36.2. The molecule has 0 radical (unpaired) electrons. The summed E-state index contributed by atoms with van der Waals surface area (Å²) in [7, 11) is 1.57. The average molecular weight is 495 g/mol. The number of fused-ring (bicyclic) bond motifs is 1. The van der Waals surface area contributed by atoms with E-state index in [9.17, 15) is 14.7 Å². The van der Waals surface area contributed by atoms with Crippen molar-refractivity contribution in [3.8, 4) is 17.3 Å². The van der Waals surface area contributed by atoms with E-state index >= 15 is 0 Å². The van der Waals surface area contributed by atoms with Gasteiger partial charge in [-0.05, 0) is 61.4 Å². The molecule has 2 heterocycles. The van der Waals surface area contributed by atoms with Gasteiger partial charge < -0.3 is 14.8 Å². The van der Waals surface area contributed by atoms with E-state index in [4.69, 9.17) is 9.73 Å². The molecular weight excluding hydrogens is 468 g/mol. The maximum atomic E-state index is 13.1. The number of para-hydroxylation sites is 1. The highest BCUT2D eigenvalue weighted by atomic mass is 16.5. The highest BCUT2D eigenvalue weighted by molar-refractivity contribution is 6.14. The van der Waals surface area contributed by atoms with E-state index in [1.807, 2.05) is 49.5 Å². The lowest BCUT2D eigenvalue weighted by Gasteiger charge is -2.14. The van der Waals surface area contributed by atoms with Gasteiger partial charge in [-0.3, -0.25) is 14.8 Å². The predicted octanol–water partition coefficient (Wildman–Crippen LogP) is 4.11. The second-order valence-corrected chi connectivity index (χ2v) is 8.70. The second kappa shape index (κ2) is 10.0. The topological polar surface area (TPSA) is 112 Å². The van der Waals surface area contributed by atoms with Crippen LogP contribution in [0, 0.1) is 6.92 Å². The van der Waals surface area contributed by atoms with Gasteiger partial charge in [-0.2, -0.15) is 0 Å². The second-order valence-electron chi connectivity index (χ2n) is 8.70. The van der Waals surface area contributed by atoms with Crippen LogP contribution in [0.1, 0.15) is 22.3 Å². The number of aliphatic imine (C=N–C) groups is 1. The zero-order chi connectivity index (χ0) is 25.9. The first kappa shape index (κ1) is 23.9. The summed E-state index contributed by atoms with van der Waals surface area (Å²) in [5.41, 5.74) is 2.92. The van der Waals surface area contributed by atoms with E-state index in [0.29, 0.717) is 30.0 Å². The number of H-pyrrole nitrogens is 2. The summed E-state index contributed by atoms with van der Waals surface area (Å²) < 4.78 is 6.35. The number of methoxy groups -OCH3 is 1. The molecule has 0 unspecified atom stereocenters. The normalized spacial score (nSPS) is 11.7. The number of benzene rings is 3. The standard InChI is InChI=1S/C29H26N4O4/c1-18-7-11-21(12-8-18)33-28(35)25(27(34)32-29(33)36)26(19-9-13-22(37-2)14-10-19)30-16-15-20-17-31-24-6-4-3-5-23(20)24/h3-14,17,31,35H,15-16H2,1-2H3,(H,32,34,36). The van der Waals surface area contributed by atoms with Gasteiger partial charge in [0, 0.05) is 29.2 Å². The minimum absolute atomic E-state index is 0.0794. The highest BCUT2D eigenvalue weighted by Crippen LogP contribution is 2.23. The van der Waals surface area contributed by atoms with E-state index < -0.39 is 17.1 Å². The number of nitrogens with zero attached hydrogens (tertiary/aromatic N) is 2. The van der Waals surface area contributed by atoms with Crippen LogP contribution >= 0.6 is 0 Å². The van der Waals surface area contributed by atoms with Gasteiger partial charge in [0.25, 0.3) is 5.56 Å². The molecule has 8 heteroatoms. The molecule has 186 valence electrons. The van der Waals surface area contributed by atoms with Gasteiger partial charge in [0.15, 0.2) is 0 Å². The van der Waals surface area contributed by atoms with Crippen molar-refractivity contribution in [2.45, 2.75) is 13.3 Å². The third-order valence-electron chi connectivity index (χ3n) is 6.30. The number of aromatic amines is 2. The summed E-state index contributed by atoms with van der Waals surface area (Å²) in [6, 6.07) is 22.1. The predicted molar refractivity (Wildman–Crippen MR) is 145 cm³/mol. The summed E-state index contributed by atoms with van der Waals surface area (Å²) in [6.07, 6.45) is 2.56. The molecule has 0 atom stereocenters. The fourth-order valence-corrected chi connectivity index (χ4v) is 4.36. The van der Waals surface area contributed by atoms with Crippen LogP contribution in [0.15, 0.2) is 93.6 Å². The number of rotatable bonds is 7. The number of nitrogens with one attached hydrogen (secondary N) is 2. The number of ether oxygens (including phenoxy) is 1. The molecule has 3 aromatic carbocycles.